The first kappa shape index (κ1) is 20.4. The molecule has 1 saturated carbocycles. The van der Waals surface area contributed by atoms with E-state index in [0.717, 1.165) is 42.1 Å². The van der Waals surface area contributed by atoms with Crippen LogP contribution in [0.3, 0.4) is 0 Å². The lowest BCUT2D eigenvalue weighted by Crippen LogP contribution is -2.37. The number of rotatable bonds is 7. The van der Waals surface area contributed by atoms with Crippen molar-refractivity contribution in [2.45, 2.75) is 71.0 Å². The first-order chi connectivity index (χ1) is 15.2. The fourth-order valence-electron chi connectivity index (χ4n) is 4.53. The van der Waals surface area contributed by atoms with Gasteiger partial charge >= 0.3 is 0 Å². The maximum absolute atomic E-state index is 13.0. The fourth-order valence-corrected chi connectivity index (χ4v) is 5.09. The van der Waals surface area contributed by atoms with Crippen LogP contribution < -0.4 is 5.32 Å². The van der Waals surface area contributed by atoms with Crippen LogP contribution in [-0.2, 0) is 30.8 Å². The van der Waals surface area contributed by atoms with Gasteiger partial charge in [-0.2, -0.15) is 5.10 Å². The number of nitrogens with one attached hydrogen (secondary N) is 1. The van der Waals surface area contributed by atoms with Gasteiger partial charge in [0.25, 0.3) is 5.91 Å². The first-order valence-corrected chi connectivity index (χ1v) is 12.3. The summed E-state index contributed by atoms with van der Waals surface area (Å²) in [5, 5.41) is 10.5. The minimum Gasteiger partial charge on any atom is -0.344 e. The van der Waals surface area contributed by atoms with Crippen molar-refractivity contribution in [3.63, 3.8) is 0 Å². The highest BCUT2D eigenvalue weighted by atomic mass is 32.1. The van der Waals surface area contributed by atoms with E-state index in [2.05, 4.69) is 16.4 Å². The summed E-state index contributed by atoms with van der Waals surface area (Å²) in [4.78, 5) is 32.1. The number of nitrogens with zero attached hydrogens (tertiary/aromatic N) is 4. The molecule has 2 aromatic heterocycles. The molecule has 0 radical (unpaired) electrons. The van der Waals surface area contributed by atoms with Gasteiger partial charge in [0.2, 0.25) is 5.91 Å². The van der Waals surface area contributed by atoms with E-state index >= 15 is 0 Å². The van der Waals surface area contributed by atoms with Crippen LogP contribution in [0.2, 0.25) is 0 Å². The summed E-state index contributed by atoms with van der Waals surface area (Å²) in [5.41, 5.74) is 3.80. The molecule has 8 heteroatoms. The van der Waals surface area contributed by atoms with E-state index in [9.17, 15) is 9.59 Å². The topological polar surface area (TPSA) is 80.1 Å². The third kappa shape index (κ3) is 4.74. The second-order valence-corrected chi connectivity index (χ2v) is 9.84. The van der Waals surface area contributed by atoms with Gasteiger partial charge in [-0.25, -0.2) is 4.98 Å². The Morgan fingerprint density at radius 1 is 1.23 bits per heavy atom. The van der Waals surface area contributed by atoms with Crippen LogP contribution in [0.15, 0.2) is 23.2 Å². The molecule has 3 heterocycles. The van der Waals surface area contributed by atoms with Crippen LogP contribution in [0, 0.1) is 5.92 Å². The van der Waals surface area contributed by atoms with Crippen molar-refractivity contribution in [1.29, 1.82) is 0 Å². The Balaban J connectivity index is 1.33. The van der Waals surface area contributed by atoms with Gasteiger partial charge in [0, 0.05) is 55.3 Å². The molecule has 0 unspecified atom stereocenters. The molecule has 31 heavy (non-hydrogen) atoms. The quantitative estimate of drug-likeness (QED) is 0.670. The number of fused-ring (bicyclic) bond motifs is 1. The molecule has 3 aliphatic rings. The van der Waals surface area contributed by atoms with E-state index in [-0.39, 0.29) is 11.8 Å². The highest BCUT2D eigenvalue weighted by Gasteiger charge is 2.32. The fraction of sp³-hybridized carbons (Fsp3) is 0.565. The summed E-state index contributed by atoms with van der Waals surface area (Å²) in [7, 11) is 0. The zero-order valence-electron chi connectivity index (χ0n) is 17.8. The number of amides is 2. The number of allylic oxidation sites excluding steroid dienone is 1. The second kappa shape index (κ2) is 8.94. The lowest BCUT2D eigenvalue weighted by molar-refractivity contribution is -0.131. The van der Waals surface area contributed by atoms with Gasteiger partial charge in [0.05, 0.1) is 6.54 Å². The Labute approximate surface area is 186 Å². The van der Waals surface area contributed by atoms with Crippen LogP contribution in [0.1, 0.15) is 71.7 Å². The predicted octanol–water partition coefficient (Wildman–Crippen LogP) is 3.45. The van der Waals surface area contributed by atoms with Crippen molar-refractivity contribution >= 4 is 23.2 Å². The van der Waals surface area contributed by atoms with Gasteiger partial charge < -0.3 is 10.2 Å². The number of hydrogen-bond acceptors (Lipinski definition) is 5. The molecule has 2 aromatic rings. The summed E-state index contributed by atoms with van der Waals surface area (Å²) in [5.74, 6) is 0.668. The molecule has 0 atom stereocenters. The predicted molar refractivity (Wildman–Crippen MR) is 119 cm³/mol. The molecule has 164 valence electrons. The zero-order valence-corrected chi connectivity index (χ0v) is 18.6. The average Bonchev–Trinajstić information content (AvgIpc) is 3.31. The summed E-state index contributed by atoms with van der Waals surface area (Å²) in [6.07, 6.45) is 12.3. The number of hydrogen-bond donors (Lipinski definition) is 1. The van der Waals surface area contributed by atoms with Crippen LogP contribution >= 0.6 is 11.3 Å². The summed E-state index contributed by atoms with van der Waals surface area (Å²) >= 11 is 1.52. The number of carbonyl (C=O) groups is 2. The largest absolute Gasteiger partial charge is 0.344 e. The van der Waals surface area contributed by atoms with Crippen molar-refractivity contribution in [3.8, 4) is 0 Å². The molecule has 2 aliphatic carbocycles. The molecule has 1 fully saturated rings. The molecule has 0 aromatic carbocycles. The molecular formula is C23H29N5O2S. The number of thiazole rings is 1. The van der Waals surface area contributed by atoms with Gasteiger partial charge in [-0.1, -0.05) is 11.6 Å². The molecule has 0 saturated heterocycles. The van der Waals surface area contributed by atoms with Crippen LogP contribution in [-0.4, -0.2) is 38.0 Å². The van der Waals surface area contributed by atoms with Gasteiger partial charge in [-0.05, 0) is 44.4 Å². The summed E-state index contributed by atoms with van der Waals surface area (Å²) in [6.45, 7) is 2.46. The zero-order chi connectivity index (χ0) is 21.2. The maximum atomic E-state index is 13.0. The van der Waals surface area contributed by atoms with Crippen molar-refractivity contribution < 1.29 is 9.59 Å². The molecular weight excluding hydrogens is 410 g/mol. The molecule has 1 N–H and O–H groups in total. The highest BCUT2D eigenvalue weighted by Crippen LogP contribution is 2.33. The minimum atomic E-state index is -0.176. The Hall–Kier alpha value is -2.48. The van der Waals surface area contributed by atoms with Gasteiger partial charge in [-0.3, -0.25) is 14.3 Å². The Kier molecular flexibility index (Phi) is 5.89. The third-order valence-corrected chi connectivity index (χ3v) is 7.26. The average molecular weight is 440 g/mol. The molecule has 2 amide bonds. The van der Waals surface area contributed by atoms with Crippen molar-refractivity contribution in [2.24, 2.45) is 5.92 Å². The SMILES string of the molecule is O=C(NCc1nccs1)c1nn(CC2CC2)c2c1CN(C(=O)CC1=CCCCC1)CC2. The van der Waals surface area contributed by atoms with E-state index in [1.54, 1.807) is 6.20 Å². The van der Waals surface area contributed by atoms with Crippen molar-refractivity contribution in [3.05, 3.63) is 45.2 Å². The molecule has 1 aliphatic heterocycles. The molecule has 0 bridgehead atoms. The Morgan fingerprint density at radius 3 is 2.87 bits per heavy atom. The smallest absolute Gasteiger partial charge is 0.272 e. The third-order valence-electron chi connectivity index (χ3n) is 6.48. The summed E-state index contributed by atoms with van der Waals surface area (Å²) < 4.78 is 2.04. The van der Waals surface area contributed by atoms with Crippen molar-refractivity contribution in [1.82, 2.24) is 25.0 Å². The van der Waals surface area contributed by atoms with E-state index in [1.165, 1.54) is 42.6 Å². The highest BCUT2D eigenvalue weighted by molar-refractivity contribution is 7.09. The lowest BCUT2D eigenvalue weighted by Gasteiger charge is -2.28. The first-order valence-electron chi connectivity index (χ1n) is 11.4. The molecule has 0 spiro atoms. The van der Waals surface area contributed by atoms with Gasteiger partial charge in [0.1, 0.15) is 5.01 Å². The minimum absolute atomic E-state index is 0.169. The van der Waals surface area contributed by atoms with Gasteiger partial charge in [-0.15, -0.1) is 11.3 Å². The van der Waals surface area contributed by atoms with E-state index in [1.807, 2.05) is 15.0 Å². The van der Waals surface area contributed by atoms with Crippen LogP contribution in [0.4, 0.5) is 0 Å². The Bertz CT molecular complexity index is 990. The van der Waals surface area contributed by atoms with Gasteiger partial charge in [0.15, 0.2) is 5.69 Å². The standard InChI is InChI=1S/C23H29N5O2S/c29-21(12-16-4-2-1-3-5-16)27-10-8-19-18(15-27)22(26-28(19)14-17-6-7-17)23(30)25-13-20-24-9-11-31-20/h4,9,11,17H,1-3,5-8,10,12-15H2,(H,25,30). The number of carbonyl (C=O) groups excluding carboxylic acids is 2. The number of aromatic nitrogens is 3. The van der Waals surface area contributed by atoms with E-state index < -0.39 is 0 Å². The maximum Gasteiger partial charge on any atom is 0.272 e. The van der Waals surface area contributed by atoms with Crippen LogP contribution in [0.5, 0.6) is 0 Å². The monoisotopic (exact) mass is 439 g/mol. The second-order valence-electron chi connectivity index (χ2n) is 8.86. The van der Waals surface area contributed by atoms with Crippen LogP contribution in [0.25, 0.3) is 0 Å². The van der Waals surface area contributed by atoms with Crippen molar-refractivity contribution in [2.75, 3.05) is 6.54 Å². The lowest BCUT2D eigenvalue weighted by atomic mass is 9.96. The Morgan fingerprint density at radius 2 is 2.13 bits per heavy atom. The normalized spacial score (nSPS) is 18.5. The molecule has 7 nitrogen and oxygen atoms in total. The van der Waals surface area contributed by atoms with E-state index in [0.29, 0.717) is 37.7 Å². The van der Waals surface area contributed by atoms with E-state index in [4.69, 9.17) is 5.10 Å². The molecule has 5 rings (SSSR count). The summed E-state index contributed by atoms with van der Waals surface area (Å²) in [6, 6.07) is 0.